The monoisotopic (exact) mass is 391 g/mol. The highest BCUT2D eigenvalue weighted by Gasteiger charge is 2.26. The van der Waals surface area contributed by atoms with E-state index in [-0.39, 0.29) is 11.8 Å². The number of aryl methyl sites for hydroxylation is 1. The fourth-order valence-electron chi connectivity index (χ4n) is 4.52. The van der Waals surface area contributed by atoms with Gasteiger partial charge >= 0.3 is 0 Å². The van der Waals surface area contributed by atoms with Crippen LogP contribution in [0.15, 0.2) is 48.7 Å². The number of ether oxygens (including phenoxy) is 1. The molecule has 1 amide bonds. The van der Waals surface area contributed by atoms with E-state index in [2.05, 4.69) is 33.8 Å². The van der Waals surface area contributed by atoms with E-state index in [0.29, 0.717) is 12.5 Å². The largest absolute Gasteiger partial charge is 0.496 e. The molecular formula is C24H29N3O2. The Balaban J connectivity index is 1.70. The van der Waals surface area contributed by atoms with Crippen molar-refractivity contribution < 1.29 is 9.53 Å². The van der Waals surface area contributed by atoms with Crippen LogP contribution in [0.4, 0.5) is 0 Å². The van der Waals surface area contributed by atoms with Gasteiger partial charge in [-0.2, -0.15) is 0 Å². The van der Waals surface area contributed by atoms with Crippen molar-refractivity contribution in [3.63, 3.8) is 0 Å². The van der Waals surface area contributed by atoms with Gasteiger partial charge < -0.3 is 14.5 Å². The molecule has 1 fully saturated rings. The summed E-state index contributed by atoms with van der Waals surface area (Å²) < 4.78 is 7.78. The van der Waals surface area contributed by atoms with Gasteiger partial charge in [-0.05, 0) is 38.0 Å². The van der Waals surface area contributed by atoms with E-state index in [9.17, 15) is 4.79 Å². The van der Waals surface area contributed by atoms with Crippen LogP contribution in [0.3, 0.4) is 0 Å². The molecule has 1 aromatic carbocycles. The standard InChI is InChI=1S/C24H29N3O2/c1-17-9-8-14-23-25-16-21(27(17)23)20(19-12-6-7-13-22(19)29-2)15-24(28)26-18-10-4-3-5-11-18/h6-9,12-14,16,18,20H,3-5,10-11,15H2,1-2H3,(H,26,28). The molecule has 0 radical (unpaired) electrons. The van der Waals surface area contributed by atoms with E-state index in [1.165, 1.54) is 19.3 Å². The van der Waals surface area contributed by atoms with Gasteiger partial charge in [-0.25, -0.2) is 4.98 Å². The third kappa shape index (κ3) is 4.14. The number of nitrogens with one attached hydrogen (secondary N) is 1. The van der Waals surface area contributed by atoms with E-state index in [1.54, 1.807) is 7.11 Å². The van der Waals surface area contributed by atoms with Crippen LogP contribution in [-0.2, 0) is 4.79 Å². The van der Waals surface area contributed by atoms with Gasteiger partial charge in [-0.3, -0.25) is 4.79 Å². The second kappa shape index (κ2) is 8.68. The minimum atomic E-state index is -0.133. The number of carbonyl (C=O) groups is 1. The molecule has 1 atom stereocenters. The molecule has 1 N–H and O–H groups in total. The Morgan fingerprint density at radius 1 is 1.17 bits per heavy atom. The summed E-state index contributed by atoms with van der Waals surface area (Å²) in [6.07, 6.45) is 8.11. The number of imidazole rings is 1. The third-order valence-electron chi connectivity index (χ3n) is 5.98. The lowest BCUT2D eigenvalue weighted by Gasteiger charge is -2.25. The topological polar surface area (TPSA) is 55.6 Å². The summed E-state index contributed by atoms with van der Waals surface area (Å²) in [5.74, 6) is 0.758. The van der Waals surface area contributed by atoms with Gasteiger partial charge in [0.05, 0.1) is 12.8 Å². The van der Waals surface area contributed by atoms with Crippen LogP contribution in [-0.4, -0.2) is 28.4 Å². The summed E-state index contributed by atoms with van der Waals surface area (Å²) in [6, 6.07) is 14.3. The molecule has 1 saturated carbocycles. The first-order valence-corrected chi connectivity index (χ1v) is 10.5. The zero-order valence-electron chi connectivity index (χ0n) is 17.2. The highest BCUT2D eigenvalue weighted by atomic mass is 16.5. The molecule has 2 heterocycles. The molecule has 3 aromatic rings. The summed E-state index contributed by atoms with van der Waals surface area (Å²) in [4.78, 5) is 17.6. The summed E-state index contributed by atoms with van der Waals surface area (Å²) in [5, 5.41) is 3.27. The van der Waals surface area contributed by atoms with Crippen molar-refractivity contribution in [1.29, 1.82) is 0 Å². The van der Waals surface area contributed by atoms with Crippen LogP contribution in [0, 0.1) is 6.92 Å². The SMILES string of the molecule is COc1ccccc1C(CC(=O)NC1CCCCC1)c1cnc2cccc(C)n12. The van der Waals surface area contributed by atoms with Crippen LogP contribution in [0.5, 0.6) is 5.75 Å². The highest BCUT2D eigenvalue weighted by molar-refractivity contribution is 5.78. The number of hydrogen-bond donors (Lipinski definition) is 1. The van der Waals surface area contributed by atoms with Gasteiger partial charge in [0, 0.05) is 35.8 Å². The van der Waals surface area contributed by atoms with Crippen molar-refractivity contribution in [2.24, 2.45) is 0 Å². The number of rotatable bonds is 6. The number of benzene rings is 1. The average Bonchev–Trinajstić information content (AvgIpc) is 3.18. The molecule has 1 unspecified atom stereocenters. The lowest BCUT2D eigenvalue weighted by molar-refractivity contribution is -0.122. The normalized spacial score (nSPS) is 15.9. The molecule has 2 aromatic heterocycles. The van der Waals surface area contributed by atoms with E-state index < -0.39 is 0 Å². The van der Waals surface area contributed by atoms with Crippen LogP contribution < -0.4 is 10.1 Å². The van der Waals surface area contributed by atoms with E-state index in [0.717, 1.165) is 41.2 Å². The Kier molecular flexibility index (Phi) is 5.84. The van der Waals surface area contributed by atoms with Crippen molar-refractivity contribution >= 4 is 11.6 Å². The Bertz CT molecular complexity index is 989. The Morgan fingerprint density at radius 2 is 1.97 bits per heavy atom. The third-order valence-corrected chi connectivity index (χ3v) is 5.98. The van der Waals surface area contributed by atoms with Gasteiger partial charge in [0.2, 0.25) is 5.91 Å². The quantitative estimate of drug-likeness (QED) is 0.667. The van der Waals surface area contributed by atoms with Gasteiger partial charge in [0.15, 0.2) is 0 Å². The lowest BCUT2D eigenvalue weighted by atomic mass is 9.90. The highest BCUT2D eigenvalue weighted by Crippen LogP contribution is 2.35. The molecular weight excluding hydrogens is 362 g/mol. The molecule has 5 heteroatoms. The van der Waals surface area contributed by atoms with Gasteiger partial charge in [0.1, 0.15) is 11.4 Å². The Morgan fingerprint density at radius 3 is 2.76 bits per heavy atom. The van der Waals surface area contributed by atoms with Crippen molar-refractivity contribution in [2.45, 2.75) is 57.4 Å². The number of hydrogen-bond acceptors (Lipinski definition) is 3. The van der Waals surface area contributed by atoms with Crippen LogP contribution in [0.25, 0.3) is 5.65 Å². The number of fused-ring (bicyclic) bond motifs is 1. The zero-order chi connectivity index (χ0) is 20.2. The van der Waals surface area contributed by atoms with Crippen molar-refractivity contribution in [1.82, 2.24) is 14.7 Å². The van der Waals surface area contributed by atoms with Crippen molar-refractivity contribution in [3.05, 3.63) is 65.6 Å². The molecule has 1 aliphatic carbocycles. The maximum absolute atomic E-state index is 13.0. The number of carbonyl (C=O) groups excluding carboxylic acids is 1. The first-order chi connectivity index (χ1) is 14.2. The molecule has 0 bridgehead atoms. The molecule has 0 aliphatic heterocycles. The molecule has 0 spiro atoms. The maximum Gasteiger partial charge on any atom is 0.221 e. The Labute approximate surface area is 172 Å². The summed E-state index contributed by atoms with van der Waals surface area (Å²) in [6.45, 7) is 2.07. The Hall–Kier alpha value is -2.82. The zero-order valence-corrected chi connectivity index (χ0v) is 17.2. The fraction of sp³-hybridized carbons (Fsp3) is 0.417. The number of amides is 1. The van der Waals surface area contributed by atoms with E-state index in [1.807, 2.05) is 36.5 Å². The van der Waals surface area contributed by atoms with Gasteiger partial charge in [0.25, 0.3) is 0 Å². The van der Waals surface area contributed by atoms with Crippen LogP contribution >= 0.6 is 0 Å². The first-order valence-electron chi connectivity index (χ1n) is 10.5. The number of aromatic nitrogens is 2. The molecule has 1 aliphatic rings. The molecule has 5 nitrogen and oxygen atoms in total. The lowest BCUT2D eigenvalue weighted by Crippen LogP contribution is -2.37. The van der Waals surface area contributed by atoms with Crippen LogP contribution in [0.1, 0.15) is 61.4 Å². The summed E-state index contributed by atoms with van der Waals surface area (Å²) in [7, 11) is 1.68. The average molecular weight is 392 g/mol. The predicted octanol–water partition coefficient (Wildman–Crippen LogP) is 4.62. The van der Waals surface area contributed by atoms with Crippen molar-refractivity contribution in [2.75, 3.05) is 7.11 Å². The molecule has 0 saturated heterocycles. The number of pyridine rings is 1. The molecule has 4 rings (SSSR count). The summed E-state index contributed by atoms with van der Waals surface area (Å²) >= 11 is 0. The van der Waals surface area contributed by atoms with E-state index in [4.69, 9.17) is 4.74 Å². The second-order valence-corrected chi connectivity index (χ2v) is 7.94. The van der Waals surface area contributed by atoms with Crippen LogP contribution in [0.2, 0.25) is 0 Å². The number of para-hydroxylation sites is 1. The van der Waals surface area contributed by atoms with Crippen molar-refractivity contribution in [3.8, 4) is 5.75 Å². The summed E-state index contributed by atoms with van der Waals surface area (Å²) in [5.41, 5.74) is 4.02. The minimum Gasteiger partial charge on any atom is -0.496 e. The number of nitrogens with zero attached hydrogens (tertiary/aromatic N) is 2. The predicted molar refractivity (Wildman–Crippen MR) is 114 cm³/mol. The smallest absolute Gasteiger partial charge is 0.221 e. The maximum atomic E-state index is 13.0. The van der Waals surface area contributed by atoms with E-state index >= 15 is 0 Å². The first kappa shape index (κ1) is 19.5. The second-order valence-electron chi connectivity index (χ2n) is 7.94. The fourth-order valence-corrected chi connectivity index (χ4v) is 4.52. The molecule has 29 heavy (non-hydrogen) atoms. The minimum absolute atomic E-state index is 0.0938. The molecule has 152 valence electrons. The van der Waals surface area contributed by atoms with Gasteiger partial charge in [-0.1, -0.05) is 43.5 Å². The number of methoxy groups -OCH3 is 1. The van der Waals surface area contributed by atoms with Gasteiger partial charge in [-0.15, -0.1) is 0 Å².